The zero-order valence-electron chi connectivity index (χ0n) is 7.64. The van der Waals surface area contributed by atoms with E-state index >= 15 is 0 Å². The zero-order chi connectivity index (χ0) is 9.80. The van der Waals surface area contributed by atoms with Gasteiger partial charge in [-0.2, -0.15) is 0 Å². The van der Waals surface area contributed by atoms with Crippen LogP contribution in [0.4, 0.5) is 0 Å². The van der Waals surface area contributed by atoms with Gasteiger partial charge in [-0.3, -0.25) is 0 Å². The molecule has 1 aromatic rings. The Morgan fingerprint density at radius 2 is 1.57 bits per heavy atom. The van der Waals surface area contributed by atoms with E-state index in [9.17, 15) is 0 Å². The van der Waals surface area contributed by atoms with E-state index in [-0.39, 0.29) is 0 Å². The monoisotopic (exact) mass is 179 g/mol. The van der Waals surface area contributed by atoms with Gasteiger partial charge in [0.1, 0.15) is 5.69 Å². The fourth-order valence-electron chi connectivity index (χ4n) is 1.11. The van der Waals surface area contributed by atoms with E-state index in [1.807, 2.05) is 12.1 Å². The Kier molecular flexibility index (Phi) is 2.29. The van der Waals surface area contributed by atoms with Crippen molar-refractivity contribution in [1.82, 2.24) is 4.98 Å². The van der Waals surface area contributed by atoms with Crippen LogP contribution in [0.15, 0.2) is 48.7 Å². The van der Waals surface area contributed by atoms with Gasteiger partial charge in [-0.15, -0.1) is 6.42 Å². The van der Waals surface area contributed by atoms with E-state index in [1.165, 1.54) is 11.1 Å². The molecule has 1 heterocycles. The van der Waals surface area contributed by atoms with Crippen molar-refractivity contribution in [3.05, 3.63) is 54.4 Å². The highest BCUT2D eigenvalue weighted by atomic mass is 14.6. The van der Waals surface area contributed by atoms with Gasteiger partial charge >= 0.3 is 0 Å². The van der Waals surface area contributed by atoms with Crippen LogP contribution in [0, 0.1) is 12.3 Å². The molecule has 0 radical (unpaired) electrons. The predicted octanol–water partition coefficient (Wildman–Crippen LogP) is 2.73. The molecule has 14 heavy (non-hydrogen) atoms. The highest BCUT2D eigenvalue weighted by Crippen LogP contribution is 2.29. The summed E-state index contributed by atoms with van der Waals surface area (Å²) >= 11 is 0. The summed E-state index contributed by atoms with van der Waals surface area (Å²) in [5.41, 5.74) is 3.54. The highest BCUT2D eigenvalue weighted by molar-refractivity contribution is 5.75. The Labute approximate surface area is 83.4 Å². The van der Waals surface area contributed by atoms with Crippen molar-refractivity contribution in [2.24, 2.45) is 0 Å². The van der Waals surface area contributed by atoms with E-state index in [2.05, 4.69) is 35.2 Å². The zero-order valence-corrected chi connectivity index (χ0v) is 7.64. The number of hydrogen-bond acceptors (Lipinski definition) is 1. The van der Waals surface area contributed by atoms with Gasteiger partial charge in [-0.1, -0.05) is 36.3 Å². The topological polar surface area (TPSA) is 12.9 Å². The molecule has 0 amide bonds. The standard InChI is InChI=1S/C7H5N.C6H4/c1-2-7-5-3-4-6-8-7;1-2-6-4-3-5(1)6/h1,3-6H;1-4H. The molecule has 0 saturated heterocycles. The van der Waals surface area contributed by atoms with Crippen molar-refractivity contribution >= 4 is 0 Å². The lowest BCUT2D eigenvalue weighted by Crippen LogP contribution is -1.85. The van der Waals surface area contributed by atoms with Crippen LogP contribution in [0.25, 0.3) is 11.1 Å². The summed E-state index contributed by atoms with van der Waals surface area (Å²) in [4.78, 5) is 3.86. The van der Waals surface area contributed by atoms with Gasteiger partial charge in [0.2, 0.25) is 0 Å². The molecule has 0 aromatic carbocycles. The first-order valence-electron chi connectivity index (χ1n) is 4.38. The summed E-state index contributed by atoms with van der Waals surface area (Å²) < 4.78 is 0. The van der Waals surface area contributed by atoms with Crippen molar-refractivity contribution in [2.45, 2.75) is 0 Å². The smallest absolute Gasteiger partial charge is 0.112 e. The molecule has 0 bridgehead atoms. The normalized spacial score (nSPS) is 9.36. The predicted molar refractivity (Wildman–Crippen MR) is 57.6 cm³/mol. The molecular formula is C13H9N. The summed E-state index contributed by atoms with van der Waals surface area (Å²) in [5, 5.41) is 0. The molecule has 1 aromatic heterocycles. The summed E-state index contributed by atoms with van der Waals surface area (Å²) in [5.74, 6) is 2.42. The summed E-state index contributed by atoms with van der Waals surface area (Å²) in [6.45, 7) is 0. The molecule has 1 nitrogen and oxygen atoms in total. The van der Waals surface area contributed by atoms with Crippen molar-refractivity contribution in [3.8, 4) is 23.5 Å². The number of benzene rings is 1. The lowest BCUT2D eigenvalue weighted by molar-refractivity contribution is 1.29. The second kappa shape index (κ2) is 3.76. The molecule has 0 N–H and O–H groups in total. The third-order valence-electron chi connectivity index (χ3n) is 2.03. The second-order valence-corrected chi connectivity index (χ2v) is 2.94. The van der Waals surface area contributed by atoms with Crippen LogP contribution in [0.3, 0.4) is 0 Å². The number of rotatable bonds is 0. The van der Waals surface area contributed by atoms with Crippen LogP contribution >= 0.6 is 0 Å². The van der Waals surface area contributed by atoms with E-state index in [4.69, 9.17) is 6.42 Å². The Morgan fingerprint density at radius 3 is 1.79 bits per heavy atom. The van der Waals surface area contributed by atoms with Gasteiger partial charge in [0.25, 0.3) is 0 Å². The van der Waals surface area contributed by atoms with E-state index < -0.39 is 0 Å². The van der Waals surface area contributed by atoms with Gasteiger partial charge < -0.3 is 0 Å². The Hall–Kier alpha value is -2.07. The molecule has 0 fully saturated rings. The molecule has 2 aliphatic carbocycles. The summed E-state index contributed by atoms with van der Waals surface area (Å²) in [6.07, 6.45) is 6.71. The Bertz CT molecular complexity index is 428. The molecule has 3 rings (SSSR count). The molecule has 2 aliphatic rings. The van der Waals surface area contributed by atoms with Gasteiger partial charge in [0.15, 0.2) is 0 Å². The maximum atomic E-state index is 5.04. The maximum absolute atomic E-state index is 5.04. The highest BCUT2D eigenvalue weighted by Gasteiger charge is 2.03. The van der Waals surface area contributed by atoms with E-state index in [1.54, 1.807) is 12.3 Å². The number of nitrogens with zero attached hydrogens (tertiary/aromatic N) is 1. The average Bonchev–Trinajstić information content (AvgIpc) is 2.25. The Morgan fingerprint density at radius 1 is 0.929 bits per heavy atom. The second-order valence-electron chi connectivity index (χ2n) is 2.94. The minimum Gasteiger partial charge on any atom is -0.248 e. The van der Waals surface area contributed by atoms with Gasteiger partial charge in [0, 0.05) is 6.20 Å². The van der Waals surface area contributed by atoms with Crippen molar-refractivity contribution in [1.29, 1.82) is 0 Å². The van der Waals surface area contributed by atoms with Crippen LogP contribution in [0.5, 0.6) is 0 Å². The van der Waals surface area contributed by atoms with Crippen LogP contribution in [-0.4, -0.2) is 4.98 Å². The third-order valence-corrected chi connectivity index (χ3v) is 2.03. The fourth-order valence-corrected chi connectivity index (χ4v) is 1.11. The number of aromatic nitrogens is 1. The number of terminal acetylenes is 1. The van der Waals surface area contributed by atoms with Crippen molar-refractivity contribution < 1.29 is 0 Å². The minimum absolute atomic E-state index is 0.688. The van der Waals surface area contributed by atoms with Crippen LogP contribution < -0.4 is 0 Å². The lowest BCUT2D eigenvalue weighted by Gasteiger charge is -2.10. The molecule has 0 spiro atoms. The quantitative estimate of drug-likeness (QED) is 0.483. The Balaban J connectivity index is 0.000000110. The number of pyridine rings is 1. The SMILES string of the molecule is C#Cc1ccccn1.c1cc2ccc1-2. The van der Waals surface area contributed by atoms with Crippen LogP contribution in [0.2, 0.25) is 0 Å². The average molecular weight is 179 g/mol. The number of fused-ring (bicyclic) bond motifs is 1. The van der Waals surface area contributed by atoms with Gasteiger partial charge in [0.05, 0.1) is 0 Å². The largest absolute Gasteiger partial charge is 0.248 e. The lowest BCUT2D eigenvalue weighted by atomic mass is 9.95. The van der Waals surface area contributed by atoms with Gasteiger partial charge in [-0.05, 0) is 23.3 Å². The van der Waals surface area contributed by atoms with E-state index in [0.717, 1.165) is 0 Å². The molecule has 0 saturated carbocycles. The fraction of sp³-hybridized carbons (Fsp3) is 0. The van der Waals surface area contributed by atoms with Crippen molar-refractivity contribution in [3.63, 3.8) is 0 Å². The molecular weight excluding hydrogens is 170 g/mol. The van der Waals surface area contributed by atoms with Gasteiger partial charge in [-0.25, -0.2) is 4.98 Å². The van der Waals surface area contributed by atoms with Crippen LogP contribution in [0.1, 0.15) is 5.69 Å². The first-order valence-corrected chi connectivity index (χ1v) is 4.38. The van der Waals surface area contributed by atoms with E-state index in [0.29, 0.717) is 5.69 Å². The minimum atomic E-state index is 0.688. The molecule has 0 atom stereocenters. The molecule has 1 heteroatoms. The molecule has 66 valence electrons. The van der Waals surface area contributed by atoms with Crippen molar-refractivity contribution in [2.75, 3.05) is 0 Å². The number of hydrogen-bond donors (Lipinski definition) is 0. The maximum Gasteiger partial charge on any atom is 0.112 e. The molecule has 0 unspecified atom stereocenters. The third kappa shape index (κ3) is 1.65. The van der Waals surface area contributed by atoms with Crippen LogP contribution in [-0.2, 0) is 0 Å². The first kappa shape index (κ1) is 8.52. The summed E-state index contributed by atoms with van der Waals surface area (Å²) in [7, 11) is 0. The molecule has 0 aliphatic heterocycles. The summed E-state index contributed by atoms with van der Waals surface area (Å²) in [6, 6.07) is 14.0. The first-order chi connectivity index (χ1) is 6.90.